The molecule has 1 amide bonds. The summed E-state index contributed by atoms with van der Waals surface area (Å²) in [5.74, 6) is 1.48. The number of fused-ring (bicyclic) bond motifs is 1. The predicted octanol–water partition coefficient (Wildman–Crippen LogP) is 3.00. The van der Waals surface area contributed by atoms with Gasteiger partial charge in [-0.3, -0.25) is 4.79 Å². The molecule has 1 saturated heterocycles. The van der Waals surface area contributed by atoms with Crippen molar-refractivity contribution in [2.45, 2.75) is 33.2 Å². The number of carbonyl (C=O) groups is 1. The van der Waals surface area contributed by atoms with Crippen LogP contribution in [-0.4, -0.2) is 40.1 Å². The van der Waals surface area contributed by atoms with Crippen LogP contribution in [0.3, 0.4) is 0 Å². The van der Waals surface area contributed by atoms with Crippen LogP contribution in [0.2, 0.25) is 0 Å². The molecule has 0 aromatic carbocycles. The second-order valence-corrected chi connectivity index (χ2v) is 6.63. The van der Waals surface area contributed by atoms with E-state index < -0.39 is 0 Å². The monoisotopic (exact) mass is 376 g/mol. The fraction of sp³-hybridized carbons (Fsp3) is 0.389. The Morgan fingerprint density at radius 3 is 2.69 bits per heavy atom. The van der Waals surface area contributed by atoms with E-state index in [0.717, 1.165) is 23.5 Å². The highest BCUT2D eigenvalue weighted by Crippen LogP contribution is 2.31. The highest BCUT2D eigenvalue weighted by atomic mass is 35.5. The summed E-state index contributed by atoms with van der Waals surface area (Å²) in [6.07, 6.45) is 0.815. The van der Waals surface area contributed by atoms with Crippen molar-refractivity contribution < 1.29 is 13.7 Å². The molecule has 0 saturated carbocycles. The second kappa shape index (κ2) is 6.74. The van der Waals surface area contributed by atoms with Crippen LogP contribution in [0, 0.1) is 20.8 Å². The summed E-state index contributed by atoms with van der Waals surface area (Å²) in [4.78, 5) is 19.4. The Kier molecular flexibility index (Phi) is 4.77. The van der Waals surface area contributed by atoms with Gasteiger partial charge in [-0.15, -0.1) is 12.4 Å². The quantitative estimate of drug-likeness (QED) is 0.738. The molecule has 2 N–H and O–H groups in total. The Balaban J connectivity index is 0.00000196. The number of hydrogen-bond acceptors (Lipinski definition) is 6. The SMILES string of the molecule is Cc1cc(-c2cc(C(=O)N3CC[C@@H](N)C3)c3c(C)noc3n2)c(C)o1.Cl. The lowest BCUT2D eigenvalue weighted by atomic mass is 10.0. The molecule has 1 fully saturated rings. The summed E-state index contributed by atoms with van der Waals surface area (Å²) in [6, 6.07) is 3.74. The average Bonchev–Trinajstić information content (AvgIpc) is 3.26. The first-order chi connectivity index (χ1) is 11.9. The summed E-state index contributed by atoms with van der Waals surface area (Å²) in [5.41, 5.74) is 9.01. The van der Waals surface area contributed by atoms with Gasteiger partial charge in [-0.1, -0.05) is 5.16 Å². The minimum Gasteiger partial charge on any atom is -0.466 e. The summed E-state index contributed by atoms with van der Waals surface area (Å²) < 4.78 is 10.9. The molecule has 0 aliphatic carbocycles. The molecule has 0 radical (unpaired) electrons. The minimum atomic E-state index is -0.0641. The number of halogens is 1. The van der Waals surface area contributed by atoms with Crippen LogP contribution in [-0.2, 0) is 0 Å². The number of pyridine rings is 1. The zero-order valence-corrected chi connectivity index (χ0v) is 15.7. The molecule has 1 aliphatic rings. The van der Waals surface area contributed by atoms with E-state index in [1.807, 2.05) is 26.8 Å². The molecule has 8 heteroatoms. The van der Waals surface area contributed by atoms with E-state index in [4.69, 9.17) is 14.7 Å². The molecule has 4 rings (SSSR count). The van der Waals surface area contributed by atoms with Crippen LogP contribution < -0.4 is 5.73 Å². The van der Waals surface area contributed by atoms with Crippen molar-refractivity contribution in [1.82, 2.24) is 15.0 Å². The van der Waals surface area contributed by atoms with Gasteiger partial charge < -0.3 is 19.6 Å². The van der Waals surface area contributed by atoms with Crippen molar-refractivity contribution in [3.63, 3.8) is 0 Å². The van der Waals surface area contributed by atoms with E-state index in [0.29, 0.717) is 41.1 Å². The van der Waals surface area contributed by atoms with E-state index in [9.17, 15) is 4.79 Å². The van der Waals surface area contributed by atoms with Crippen molar-refractivity contribution in [3.8, 4) is 11.3 Å². The molecule has 1 atom stereocenters. The first kappa shape index (κ1) is 18.4. The van der Waals surface area contributed by atoms with E-state index in [-0.39, 0.29) is 24.4 Å². The van der Waals surface area contributed by atoms with Crippen molar-refractivity contribution in [1.29, 1.82) is 0 Å². The molecule has 0 bridgehead atoms. The summed E-state index contributed by atoms with van der Waals surface area (Å²) in [6.45, 7) is 6.79. The fourth-order valence-corrected chi connectivity index (χ4v) is 3.43. The maximum absolute atomic E-state index is 13.1. The predicted molar refractivity (Wildman–Crippen MR) is 99.5 cm³/mol. The molecule has 3 aromatic heterocycles. The smallest absolute Gasteiger partial charge is 0.259 e. The molecule has 0 unspecified atom stereocenters. The Morgan fingerprint density at radius 1 is 1.31 bits per heavy atom. The van der Waals surface area contributed by atoms with Gasteiger partial charge in [0, 0.05) is 24.7 Å². The largest absolute Gasteiger partial charge is 0.466 e. The molecule has 1 aliphatic heterocycles. The maximum Gasteiger partial charge on any atom is 0.259 e. The van der Waals surface area contributed by atoms with Gasteiger partial charge in [-0.2, -0.15) is 0 Å². The lowest BCUT2D eigenvalue weighted by Crippen LogP contribution is -2.32. The number of hydrogen-bond donors (Lipinski definition) is 1. The van der Waals surface area contributed by atoms with Crippen LogP contribution >= 0.6 is 12.4 Å². The number of nitrogens with two attached hydrogens (primary N) is 1. The van der Waals surface area contributed by atoms with E-state index >= 15 is 0 Å². The van der Waals surface area contributed by atoms with E-state index in [1.54, 1.807) is 11.0 Å². The van der Waals surface area contributed by atoms with Crippen LogP contribution in [0.15, 0.2) is 21.1 Å². The molecular formula is C18H21ClN4O3. The summed E-state index contributed by atoms with van der Waals surface area (Å²) in [5, 5.41) is 4.65. The van der Waals surface area contributed by atoms with Gasteiger partial charge in [-0.25, -0.2) is 4.98 Å². The van der Waals surface area contributed by atoms with Gasteiger partial charge in [0.1, 0.15) is 11.5 Å². The van der Waals surface area contributed by atoms with Crippen LogP contribution in [0.25, 0.3) is 22.4 Å². The van der Waals surface area contributed by atoms with Crippen molar-refractivity contribution in [3.05, 3.63) is 34.9 Å². The molecule has 3 aromatic rings. The number of carbonyl (C=O) groups excluding carboxylic acids is 1. The molecule has 0 spiro atoms. The van der Waals surface area contributed by atoms with Gasteiger partial charge in [0.05, 0.1) is 22.3 Å². The normalized spacial score (nSPS) is 16.9. The molecule has 138 valence electrons. The van der Waals surface area contributed by atoms with Gasteiger partial charge in [0.25, 0.3) is 11.6 Å². The van der Waals surface area contributed by atoms with Crippen LogP contribution in [0.4, 0.5) is 0 Å². The first-order valence-electron chi connectivity index (χ1n) is 8.33. The zero-order chi connectivity index (χ0) is 17.7. The van der Waals surface area contributed by atoms with Gasteiger partial charge >= 0.3 is 0 Å². The Hall–Kier alpha value is -2.38. The van der Waals surface area contributed by atoms with Crippen molar-refractivity contribution in [2.24, 2.45) is 5.73 Å². The summed E-state index contributed by atoms with van der Waals surface area (Å²) in [7, 11) is 0. The van der Waals surface area contributed by atoms with Crippen molar-refractivity contribution in [2.75, 3.05) is 13.1 Å². The Labute approximate surface area is 156 Å². The molecule has 4 heterocycles. The third-order valence-corrected chi connectivity index (χ3v) is 4.68. The zero-order valence-electron chi connectivity index (χ0n) is 14.9. The lowest BCUT2D eigenvalue weighted by Gasteiger charge is -2.16. The highest BCUT2D eigenvalue weighted by molar-refractivity contribution is 6.07. The van der Waals surface area contributed by atoms with Crippen molar-refractivity contribution >= 4 is 29.4 Å². The number of aromatic nitrogens is 2. The number of furan rings is 1. The number of likely N-dealkylation sites (tertiary alicyclic amines) is 1. The van der Waals surface area contributed by atoms with Gasteiger partial charge in [0.15, 0.2) is 0 Å². The molecular weight excluding hydrogens is 356 g/mol. The lowest BCUT2D eigenvalue weighted by molar-refractivity contribution is 0.0792. The second-order valence-electron chi connectivity index (χ2n) is 6.63. The maximum atomic E-state index is 13.1. The van der Waals surface area contributed by atoms with E-state index in [2.05, 4.69) is 10.1 Å². The van der Waals surface area contributed by atoms with Crippen LogP contribution in [0.5, 0.6) is 0 Å². The fourth-order valence-electron chi connectivity index (χ4n) is 3.43. The van der Waals surface area contributed by atoms with Gasteiger partial charge in [0.2, 0.25) is 0 Å². The Bertz CT molecular complexity index is 978. The average molecular weight is 377 g/mol. The molecule has 26 heavy (non-hydrogen) atoms. The topological polar surface area (TPSA) is 98.4 Å². The van der Waals surface area contributed by atoms with Gasteiger partial charge in [-0.05, 0) is 39.3 Å². The molecule has 7 nitrogen and oxygen atoms in total. The summed E-state index contributed by atoms with van der Waals surface area (Å²) >= 11 is 0. The number of nitrogens with zero attached hydrogens (tertiary/aromatic N) is 3. The third kappa shape index (κ3) is 2.97. The van der Waals surface area contributed by atoms with Crippen LogP contribution in [0.1, 0.15) is 34.0 Å². The number of amides is 1. The Morgan fingerprint density at radius 2 is 2.08 bits per heavy atom. The first-order valence-corrected chi connectivity index (χ1v) is 8.33. The number of aryl methyl sites for hydroxylation is 3. The number of rotatable bonds is 2. The standard InChI is InChI=1S/C18H20N4O3.ClH/c1-9-6-13(11(3)24-9)15-7-14(16-10(2)21-25-17(16)20-15)18(23)22-5-4-12(19)8-22;/h6-7,12H,4-5,8,19H2,1-3H3;1H/t12-;/m1./s1. The highest BCUT2D eigenvalue weighted by Gasteiger charge is 2.28. The van der Waals surface area contributed by atoms with E-state index in [1.165, 1.54) is 0 Å². The third-order valence-electron chi connectivity index (χ3n) is 4.68. The minimum absolute atomic E-state index is 0.